The maximum absolute atomic E-state index is 12.4. The molecule has 1 unspecified atom stereocenters. The minimum absolute atomic E-state index is 0.144. The van der Waals surface area contributed by atoms with E-state index in [0.29, 0.717) is 0 Å². The van der Waals surface area contributed by atoms with Gasteiger partial charge in [-0.15, -0.1) is 0 Å². The molecule has 1 aliphatic heterocycles. The summed E-state index contributed by atoms with van der Waals surface area (Å²) >= 11 is 0. The van der Waals surface area contributed by atoms with Crippen LogP contribution in [0.5, 0.6) is 5.75 Å². The van der Waals surface area contributed by atoms with Crippen LogP contribution in [0.2, 0.25) is 0 Å². The number of nitrogens with zero attached hydrogens (tertiary/aromatic N) is 1. The van der Waals surface area contributed by atoms with Crippen LogP contribution in [0.1, 0.15) is 30.9 Å². The van der Waals surface area contributed by atoms with E-state index in [9.17, 15) is 4.79 Å². The Morgan fingerprint density at radius 3 is 2.44 bits per heavy atom. The summed E-state index contributed by atoms with van der Waals surface area (Å²) in [6.45, 7) is 8.05. The van der Waals surface area contributed by atoms with Crippen LogP contribution in [0.15, 0.2) is 42.5 Å². The molecule has 1 N–H and O–H groups in total. The normalized spacial score (nSPS) is 15.1. The van der Waals surface area contributed by atoms with Gasteiger partial charge in [0.05, 0.1) is 0 Å². The maximum Gasteiger partial charge on any atom is 0.265 e. The van der Waals surface area contributed by atoms with Gasteiger partial charge >= 0.3 is 0 Å². The number of nitrogens with one attached hydrogen (secondary N) is 1. The molecule has 2 aromatic rings. The Labute approximate surface area is 149 Å². The molecule has 0 spiro atoms. The molecule has 0 bridgehead atoms. The molecule has 25 heavy (non-hydrogen) atoms. The second kappa shape index (κ2) is 7.60. The molecule has 132 valence electrons. The highest BCUT2D eigenvalue weighted by Gasteiger charge is 2.17. The van der Waals surface area contributed by atoms with Crippen LogP contribution in [0.4, 0.5) is 11.4 Å². The third kappa shape index (κ3) is 4.13. The molecule has 1 fully saturated rings. The molecule has 1 atom stereocenters. The molecular weight excluding hydrogens is 312 g/mol. The topological polar surface area (TPSA) is 41.6 Å². The number of aryl methyl sites for hydroxylation is 1. The minimum atomic E-state index is -0.557. The zero-order chi connectivity index (χ0) is 17.8. The number of hydrogen-bond donors (Lipinski definition) is 1. The lowest BCUT2D eigenvalue weighted by molar-refractivity contribution is -0.122. The van der Waals surface area contributed by atoms with Crippen LogP contribution in [0.3, 0.4) is 0 Å². The van der Waals surface area contributed by atoms with Gasteiger partial charge in [0.25, 0.3) is 5.91 Å². The first-order valence-electron chi connectivity index (χ1n) is 8.93. The van der Waals surface area contributed by atoms with Gasteiger partial charge in [0, 0.05) is 24.5 Å². The Bertz CT molecular complexity index is 734. The van der Waals surface area contributed by atoms with E-state index in [1.807, 2.05) is 44.2 Å². The van der Waals surface area contributed by atoms with Crippen LogP contribution in [-0.2, 0) is 4.79 Å². The van der Waals surface area contributed by atoms with Crippen molar-refractivity contribution in [1.29, 1.82) is 0 Å². The monoisotopic (exact) mass is 338 g/mol. The number of hydrogen-bond acceptors (Lipinski definition) is 3. The molecule has 2 aromatic carbocycles. The van der Waals surface area contributed by atoms with Crippen LogP contribution >= 0.6 is 0 Å². The third-order valence-electron chi connectivity index (χ3n) is 4.83. The summed E-state index contributed by atoms with van der Waals surface area (Å²) in [5.74, 6) is 0.613. The van der Waals surface area contributed by atoms with Crippen molar-refractivity contribution >= 4 is 17.3 Å². The zero-order valence-corrected chi connectivity index (χ0v) is 15.2. The standard InChI is InChI=1S/C21H26N2O2/c1-15-7-6-8-20(16(15)2)25-17(3)21(24)22-18-9-11-19(12-10-18)23-13-4-5-14-23/h6-12,17H,4-5,13-14H2,1-3H3,(H,22,24). The summed E-state index contributed by atoms with van der Waals surface area (Å²) in [7, 11) is 0. The number of benzene rings is 2. The smallest absolute Gasteiger partial charge is 0.265 e. The molecule has 4 heteroatoms. The molecule has 0 aromatic heterocycles. The van der Waals surface area contributed by atoms with Gasteiger partial charge in [-0.3, -0.25) is 4.79 Å². The van der Waals surface area contributed by atoms with Gasteiger partial charge in [0.15, 0.2) is 6.10 Å². The van der Waals surface area contributed by atoms with Crippen LogP contribution in [0.25, 0.3) is 0 Å². The average molecular weight is 338 g/mol. The van der Waals surface area contributed by atoms with Gasteiger partial charge in [-0.05, 0) is 75.1 Å². The van der Waals surface area contributed by atoms with E-state index in [1.165, 1.54) is 18.5 Å². The number of carbonyl (C=O) groups excluding carboxylic acids is 1. The van der Waals surface area contributed by atoms with Crippen molar-refractivity contribution in [2.75, 3.05) is 23.3 Å². The number of ether oxygens (including phenoxy) is 1. The van der Waals surface area contributed by atoms with Gasteiger partial charge < -0.3 is 15.0 Å². The zero-order valence-electron chi connectivity index (χ0n) is 15.2. The molecule has 0 radical (unpaired) electrons. The fourth-order valence-electron chi connectivity index (χ4n) is 3.07. The quantitative estimate of drug-likeness (QED) is 0.883. The van der Waals surface area contributed by atoms with E-state index in [2.05, 4.69) is 22.3 Å². The molecule has 1 heterocycles. The van der Waals surface area contributed by atoms with E-state index in [4.69, 9.17) is 4.74 Å². The van der Waals surface area contributed by atoms with Gasteiger partial charge in [0.2, 0.25) is 0 Å². The van der Waals surface area contributed by atoms with Crippen molar-refractivity contribution in [2.24, 2.45) is 0 Å². The third-order valence-corrected chi connectivity index (χ3v) is 4.83. The predicted octanol–water partition coefficient (Wildman–Crippen LogP) is 4.31. The first kappa shape index (κ1) is 17.3. The molecule has 1 saturated heterocycles. The van der Waals surface area contributed by atoms with E-state index >= 15 is 0 Å². The molecule has 0 saturated carbocycles. The van der Waals surface area contributed by atoms with Crippen molar-refractivity contribution in [2.45, 2.75) is 39.7 Å². The molecule has 1 amide bonds. The highest BCUT2D eigenvalue weighted by atomic mass is 16.5. The van der Waals surface area contributed by atoms with E-state index in [-0.39, 0.29) is 5.91 Å². The summed E-state index contributed by atoms with van der Waals surface area (Å²) in [5, 5.41) is 2.93. The van der Waals surface area contributed by atoms with Gasteiger partial charge in [-0.1, -0.05) is 12.1 Å². The van der Waals surface area contributed by atoms with Crippen molar-refractivity contribution in [3.63, 3.8) is 0 Å². The Morgan fingerprint density at radius 2 is 1.76 bits per heavy atom. The van der Waals surface area contributed by atoms with Gasteiger partial charge in [0.1, 0.15) is 5.75 Å². The highest BCUT2D eigenvalue weighted by Crippen LogP contribution is 2.24. The largest absolute Gasteiger partial charge is 0.481 e. The SMILES string of the molecule is Cc1cccc(OC(C)C(=O)Nc2ccc(N3CCCC3)cc2)c1C. The first-order valence-corrected chi connectivity index (χ1v) is 8.93. The predicted molar refractivity (Wildman–Crippen MR) is 103 cm³/mol. The van der Waals surface area contributed by atoms with E-state index in [0.717, 1.165) is 35.7 Å². The summed E-state index contributed by atoms with van der Waals surface area (Å²) in [4.78, 5) is 14.8. The Kier molecular flexibility index (Phi) is 5.27. The van der Waals surface area contributed by atoms with Crippen LogP contribution in [-0.4, -0.2) is 25.1 Å². The Balaban J connectivity index is 1.60. The van der Waals surface area contributed by atoms with Crippen LogP contribution < -0.4 is 15.0 Å². The van der Waals surface area contributed by atoms with E-state index in [1.54, 1.807) is 6.92 Å². The number of rotatable bonds is 5. The fraction of sp³-hybridized carbons (Fsp3) is 0.381. The summed E-state index contributed by atoms with van der Waals surface area (Å²) in [5.41, 5.74) is 4.24. The van der Waals surface area contributed by atoms with Crippen molar-refractivity contribution < 1.29 is 9.53 Å². The highest BCUT2D eigenvalue weighted by molar-refractivity contribution is 5.94. The lowest BCUT2D eigenvalue weighted by atomic mass is 10.1. The lowest BCUT2D eigenvalue weighted by Crippen LogP contribution is -2.30. The fourth-order valence-corrected chi connectivity index (χ4v) is 3.07. The van der Waals surface area contributed by atoms with Crippen LogP contribution in [0, 0.1) is 13.8 Å². The van der Waals surface area contributed by atoms with Crippen molar-refractivity contribution in [3.8, 4) is 5.75 Å². The molecule has 0 aliphatic carbocycles. The average Bonchev–Trinajstić information content (AvgIpc) is 3.14. The van der Waals surface area contributed by atoms with Gasteiger partial charge in [-0.25, -0.2) is 0 Å². The van der Waals surface area contributed by atoms with E-state index < -0.39 is 6.10 Å². The molecule has 3 rings (SSSR count). The van der Waals surface area contributed by atoms with Gasteiger partial charge in [-0.2, -0.15) is 0 Å². The number of anilines is 2. The summed E-state index contributed by atoms with van der Waals surface area (Å²) in [6.07, 6.45) is 1.95. The molecular formula is C21H26N2O2. The molecule has 4 nitrogen and oxygen atoms in total. The maximum atomic E-state index is 12.4. The first-order chi connectivity index (χ1) is 12.0. The van der Waals surface area contributed by atoms with Crippen molar-refractivity contribution in [1.82, 2.24) is 0 Å². The second-order valence-electron chi connectivity index (χ2n) is 6.69. The Morgan fingerprint density at radius 1 is 1.08 bits per heavy atom. The summed E-state index contributed by atoms with van der Waals surface area (Å²) in [6, 6.07) is 13.9. The Hall–Kier alpha value is -2.49. The lowest BCUT2D eigenvalue weighted by Gasteiger charge is -2.19. The van der Waals surface area contributed by atoms with Crippen molar-refractivity contribution in [3.05, 3.63) is 53.6 Å². The minimum Gasteiger partial charge on any atom is -0.481 e. The summed E-state index contributed by atoms with van der Waals surface area (Å²) < 4.78 is 5.84. The number of amides is 1. The molecule has 1 aliphatic rings. The second-order valence-corrected chi connectivity index (χ2v) is 6.69. The number of carbonyl (C=O) groups is 1.